The van der Waals surface area contributed by atoms with Gasteiger partial charge in [-0.3, -0.25) is 4.79 Å². The predicted molar refractivity (Wildman–Crippen MR) is 99.1 cm³/mol. The van der Waals surface area contributed by atoms with Crippen LogP contribution in [0.5, 0.6) is 5.75 Å². The van der Waals surface area contributed by atoms with Crippen LogP contribution in [0, 0.1) is 0 Å². The maximum absolute atomic E-state index is 12.2. The van der Waals surface area contributed by atoms with E-state index >= 15 is 0 Å². The molecule has 0 unspecified atom stereocenters. The van der Waals surface area contributed by atoms with Gasteiger partial charge in [0.05, 0.1) is 19.0 Å². The van der Waals surface area contributed by atoms with E-state index in [-0.39, 0.29) is 5.91 Å². The number of aromatic nitrogens is 1. The summed E-state index contributed by atoms with van der Waals surface area (Å²) in [6.07, 6.45) is 7.17. The summed E-state index contributed by atoms with van der Waals surface area (Å²) in [5.74, 6) is 0.798. The molecule has 1 saturated carbocycles. The number of amides is 1. The van der Waals surface area contributed by atoms with Crippen molar-refractivity contribution in [3.63, 3.8) is 0 Å². The van der Waals surface area contributed by atoms with Crippen molar-refractivity contribution in [2.24, 2.45) is 0 Å². The number of carbonyl (C=O) groups excluding carboxylic acids is 1. The topological polar surface area (TPSA) is 63.2 Å². The summed E-state index contributed by atoms with van der Waals surface area (Å²) in [5, 5.41) is 6.39. The Hall–Kier alpha value is -2.56. The molecule has 0 spiro atoms. The largest absolute Gasteiger partial charge is 0.497 e. The second kappa shape index (κ2) is 8.51. The fourth-order valence-corrected chi connectivity index (χ4v) is 3.14. The van der Waals surface area contributed by atoms with Crippen LogP contribution in [-0.2, 0) is 6.42 Å². The third kappa shape index (κ3) is 4.95. The molecular weight excluding hydrogens is 314 g/mol. The number of benzene rings is 1. The molecule has 0 atom stereocenters. The van der Waals surface area contributed by atoms with Gasteiger partial charge in [0.2, 0.25) is 0 Å². The Morgan fingerprint density at radius 2 is 2.08 bits per heavy atom. The number of rotatable bonds is 7. The second-order valence-electron chi connectivity index (χ2n) is 6.42. The van der Waals surface area contributed by atoms with Crippen LogP contribution < -0.4 is 15.4 Å². The number of carbonyl (C=O) groups is 1. The maximum Gasteiger partial charge on any atom is 0.270 e. The third-order valence-electron chi connectivity index (χ3n) is 4.56. The highest BCUT2D eigenvalue weighted by Crippen LogP contribution is 2.18. The molecule has 0 bridgehead atoms. The van der Waals surface area contributed by atoms with Crippen molar-refractivity contribution < 1.29 is 9.53 Å². The zero-order chi connectivity index (χ0) is 17.5. The Kier molecular flexibility index (Phi) is 5.88. The lowest BCUT2D eigenvalue weighted by Crippen LogP contribution is -2.33. The molecule has 1 aliphatic rings. The Labute approximate surface area is 148 Å². The van der Waals surface area contributed by atoms with E-state index in [4.69, 9.17) is 4.74 Å². The van der Waals surface area contributed by atoms with Gasteiger partial charge in [-0.2, -0.15) is 0 Å². The highest BCUT2D eigenvalue weighted by molar-refractivity contribution is 5.92. The van der Waals surface area contributed by atoms with Crippen LogP contribution in [0.4, 0.5) is 5.69 Å². The average Bonchev–Trinajstić information content (AvgIpc) is 3.15. The molecule has 5 heteroatoms. The SMILES string of the molecule is COc1cccc(CCNc2ccc(C(=O)NC3CCCC3)nc2)c1. The van der Waals surface area contributed by atoms with Gasteiger partial charge < -0.3 is 15.4 Å². The van der Waals surface area contributed by atoms with Crippen molar-refractivity contribution in [2.45, 2.75) is 38.1 Å². The molecular formula is C20H25N3O2. The molecule has 25 heavy (non-hydrogen) atoms. The number of hydrogen-bond donors (Lipinski definition) is 2. The van der Waals surface area contributed by atoms with Crippen LogP contribution in [0.3, 0.4) is 0 Å². The standard InChI is InChI=1S/C20H25N3O2/c1-25-18-8-4-5-15(13-18)11-12-21-17-9-10-19(22-14-17)20(24)23-16-6-2-3-7-16/h4-5,8-10,13-14,16,21H,2-3,6-7,11-12H2,1H3,(H,23,24). The molecule has 3 rings (SSSR count). The van der Waals surface area contributed by atoms with Gasteiger partial charge in [0.1, 0.15) is 11.4 Å². The van der Waals surface area contributed by atoms with Crippen LogP contribution in [-0.4, -0.2) is 30.6 Å². The van der Waals surface area contributed by atoms with E-state index < -0.39 is 0 Å². The van der Waals surface area contributed by atoms with E-state index in [0.29, 0.717) is 11.7 Å². The number of methoxy groups -OCH3 is 1. The average molecular weight is 339 g/mol. The lowest BCUT2D eigenvalue weighted by Gasteiger charge is -2.12. The minimum atomic E-state index is -0.0742. The maximum atomic E-state index is 12.2. The first-order valence-corrected chi connectivity index (χ1v) is 8.88. The van der Waals surface area contributed by atoms with Gasteiger partial charge in [-0.15, -0.1) is 0 Å². The number of pyridine rings is 1. The zero-order valence-electron chi connectivity index (χ0n) is 14.6. The number of nitrogens with one attached hydrogen (secondary N) is 2. The van der Waals surface area contributed by atoms with Crippen molar-refractivity contribution >= 4 is 11.6 Å². The van der Waals surface area contributed by atoms with Gasteiger partial charge in [0.15, 0.2) is 0 Å². The molecule has 1 fully saturated rings. The highest BCUT2D eigenvalue weighted by Gasteiger charge is 2.18. The van der Waals surface area contributed by atoms with Gasteiger partial charge in [-0.1, -0.05) is 25.0 Å². The van der Waals surface area contributed by atoms with E-state index in [1.807, 2.05) is 24.3 Å². The molecule has 0 saturated heterocycles. The molecule has 1 aromatic heterocycles. The Morgan fingerprint density at radius 1 is 1.24 bits per heavy atom. The molecule has 1 heterocycles. The van der Waals surface area contributed by atoms with Crippen LogP contribution in [0.15, 0.2) is 42.6 Å². The molecule has 0 aliphatic heterocycles. The first kappa shape index (κ1) is 17.3. The fraction of sp³-hybridized carbons (Fsp3) is 0.400. The van der Waals surface area contributed by atoms with Gasteiger partial charge in [-0.25, -0.2) is 4.98 Å². The van der Waals surface area contributed by atoms with Crippen LogP contribution in [0.2, 0.25) is 0 Å². The van der Waals surface area contributed by atoms with E-state index in [1.165, 1.54) is 18.4 Å². The van der Waals surface area contributed by atoms with Crippen molar-refractivity contribution in [1.82, 2.24) is 10.3 Å². The second-order valence-corrected chi connectivity index (χ2v) is 6.42. The molecule has 5 nitrogen and oxygen atoms in total. The highest BCUT2D eigenvalue weighted by atomic mass is 16.5. The van der Waals surface area contributed by atoms with Crippen molar-refractivity contribution in [2.75, 3.05) is 19.0 Å². The van der Waals surface area contributed by atoms with E-state index in [2.05, 4.69) is 21.7 Å². The molecule has 0 radical (unpaired) electrons. The van der Waals surface area contributed by atoms with Crippen LogP contribution >= 0.6 is 0 Å². The minimum absolute atomic E-state index is 0.0742. The summed E-state index contributed by atoms with van der Waals surface area (Å²) in [7, 11) is 1.67. The summed E-state index contributed by atoms with van der Waals surface area (Å²) in [5.41, 5.74) is 2.61. The molecule has 1 aliphatic carbocycles. The van der Waals surface area contributed by atoms with Crippen LogP contribution in [0.25, 0.3) is 0 Å². The molecule has 2 N–H and O–H groups in total. The summed E-state index contributed by atoms with van der Waals surface area (Å²) >= 11 is 0. The minimum Gasteiger partial charge on any atom is -0.497 e. The van der Waals surface area contributed by atoms with Gasteiger partial charge in [0.25, 0.3) is 5.91 Å². The van der Waals surface area contributed by atoms with Gasteiger partial charge >= 0.3 is 0 Å². The summed E-state index contributed by atoms with van der Waals surface area (Å²) < 4.78 is 5.23. The lowest BCUT2D eigenvalue weighted by atomic mass is 10.1. The fourth-order valence-electron chi connectivity index (χ4n) is 3.14. The first-order valence-electron chi connectivity index (χ1n) is 8.88. The number of anilines is 1. The number of nitrogens with zero attached hydrogens (tertiary/aromatic N) is 1. The van der Waals surface area contributed by atoms with Gasteiger partial charge in [-0.05, 0) is 49.1 Å². The summed E-state index contributed by atoms with van der Waals surface area (Å²) in [6, 6.07) is 12.1. The van der Waals surface area contributed by atoms with Crippen molar-refractivity contribution in [3.8, 4) is 5.75 Å². The number of ether oxygens (including phenoxy) is 1. The van der Waals surface area contributed by atoms with Crippen molar-refractivity contribution in [1.29, 1.82) is 0 Å². The Morgan fingerprint density at radius 3 is 2.80 bits per heavy atom. The van der Waals surface area contributed by atoms with E-state index in [9.17, 15) is 4.79 Å². The number of hydrogen-bond acceptors (Lipinski definition) is 4. The third-order valence-corrected chi connectivity index (χ3v) is 4.56. The van der Waals surface area contributed by atoms with Crippen molar-refractivity contribution in [3.05, 3.63) is 53.9 Å². The molecule has 1 aromatic carbocycles. The summed E-state index contributed by atoms with van der Waals surface area (Å²) in [4.78, 5) is 16.4. The van der Waals surface area contributed by atoms with E-state index in [0.717, 1.165) is 37.2 Å². The zero-order valence-corrected chi connectivity index (χ0v) is 14.6. The predicted octanol–water partition coefficient (Wildman–Crippen LogP) is 3.42. The summed E-state index contributed by atoms with van der Waals surface area (Å²) in [6.45, 7) is 0.794. The quantitative estimate of drug-likeness (QED) is 0.811. The molecule has 2 aromatic rings. The Bertz CT molecular complexity index is 694. The molecule has 1 amide bonds. The van der Waals surface area contributed by atoms with Crippen LogP contribution in [0.1, 0.15) is 41.7 Å². The lowest BCUT2D eigenvalue weighted by molar-refractivity contribution is 0.0933. The van der Waals surface area contributed by atoms with E-state index in [1.54, 1.807) is 19.4 Å². The Balaban J connectivity index is 1.47. The molecule has 132 valence electrons. The first-order chi connectivity index (χ1) is 12.2. The van der Waals surface area contributed by atoms with Gasteiger partial charge in [0, 0.05) is 12.6 Å². The smallest absolute Gasteiger partial charge is 0.270 e. The normalized spacial score (nSPS) is 14.3. The monoisotopic (exact) mass is 339 g/mol.